The zero-order valence-corrected chi connectivity index (χ0v) is 11.7. The minimum absolute atomic E-state index is 0.0300. The Kier molecular flexibility index (Phi) is 4.78. The maximum absolute atomic E-state index is 12.7. The van der Waals surface area contributed by atoms with Crippen molar-refractivity contribution in [2.24, 2.45) is 0 Å². The summed E-state index contributed by atoms with van der Waals surface area (Å²) in [5.41, 5.74) is 5.45. The molecule has 0 aliphatic heterocycles. The van der Waals surface area contributed by atoms with Crippen LogP contribution >= 0.6 is 12.2 Å². The van der Waals surface area contributed by atoms with Gasteiger partial charge in [0.05, 0.1) is 12.0 Å². The van der Waals surface area contributed by atoms with Crippen molar-refractivity contribution < 1.29 is 14.0 Å². The lowest BCUT2D eigenvalue weighted by Crippen LogP contribution is -2.42. The summed E-state index contributed by atoms with van der Waals surface area (Å²) in [6, 6.07) is 8.72. The molecule has 2 aromatic rings. The van der Waals surface area contributed by atoms with Crippen LogP contribution < -0.4 is 10.9 Å². The highest BCUT2D eigenvalue weighted by atomic mass is 32.1. The topological polar surface area (TPSA) is 74.0 Å². The van der Waals surface area contributed by atoms with Crippen LogP contribution in [0, 0.1) is 10.5 Å². The fraction of sp³-hybridized carbons (Fsp3) is 0.0714. The summed E-state index contributed by atoms with van der Waals surface area (Å²) in [7, 11) is 0. The average Bonchev–Trinajstić information content (AvgIpc) is 2.48. The number of hydrogen-bond donors (Lipinski definition) is 3. The first-order valence-electron chi connectivity index (χ1n) is 6.07. The number of carbonyl (C=O) groups excluding carboxylic acids is 2. The third-order valence-electron chi connectivity index (χ3n) is 2.66. The van der Waals surface area contributed by atoms with Gasteiger partial charge >= 0.3 is 0 Å². The third-order valence-corrected chi connectivity index (χ3v) is 2.99. The number of amides is 2. The Morgan fingerprint density at radius 3 is 2.52 bits per heavy atom. The Bertz CT molecular complexity index is 713. The Balaban J connectivity index is 1.89. The molecule has 0 saturated carbocycles. The fourth-order valence-corrected chi connectivity index (χ4v) is 1.85. The van der Waals surface area contributed by atoms with Gasteiger partial charge in [-0.2, -0.15) is 0 Å². The zero-order valence-electron chi connectivity index (χ0n) is 10.9. The second kappa shape index (κ2) is 6.76. The summed E-state index contributed by atoms with van der Waals surface area (Å²) in [5.74, 6) is -1.30. The van der Waals surface area contributed by atoms with E-state index in [1.54, 1.807) is 18.3 Å². The molecule has 1 heterocycles. The molecule has 0 unspecified atom stereocenters. The predicted octanol–water partition coefficient (Wildman–Crippen LogP) is 1.89. The Hall–Kier alpha value is -2.54. The normalized spacial score (nSPS) is 9.95. The number of nitrogens with one attached hydrogen (secondary N) is 3. The summed E-state index contributed by atoms with van der Waals surface area (Å²) >= 11 is 4.96. The molecule has 1 aromatic carbocycles. The van der Waals surface area contributed by atoms with Gasteiger partial charge in [0.25, 0.3) is 5.91 Å². The smallest absolute Gasteiger partial charge is 0.272 e. The number of halogens is 1. The van der Waals surface area contributed by atoms with E-state index in [9.17, 15) is 14.0 Å². The molecule has 0 spiro atoms. The van der Waals surface area contributed by atoms with Gasteiger partial charge in [0, 0.05) is 6.20 Å². The lowest BCUT2D eigenvalue weighted by molar-refractivity contribution is -0.121. The SMILES string of the molecule is O=C(Cc1ccc(F)cc1)NNC(=O)c1ccc[nH]c1=S. The minimum atomic E-state index is -0.510. The second-order valence-electron chi connectivity index (χ2n) is 4.22. The summed E-state index contributed by atoms with van der Waals surface area (Å²) in [4.78, 5) is 26.2. The molecule has 108 valence electrons. The molecular formula is C14H12FN3O2S. The number of aromatic nitrogens is 1. The van der Waals surface area contributed by atoms with Crippen LogP contribution in [-0.2, 0) is 11.2 Å². The number of H-pyrrole nitrogens is 1. The van der Waals surface area contributed by atoms with Gasteiger partial charge in [-0.15, -0.1) is 0 Å². The molecule has 5 nitrogen and oxygen atoms in total. The Morgan fingerprint density at radius 1 is 1.14 bits per heavy atom. The fourth-order valence-electron chi connectivity index (χ4n) is 1.63. The lowest BCUT2D eigenvalue weighted by atomic mass is 10.1. The molecule has 0 aliphatic rings. The highest BCUT2D eigenvalue weighted by molar-refractivity contribution is 7.71. The van der Waals surface area contributed by atoms with E-state index >= 15 is 0 Å². The summed E-state index contributed by atoms with van der Waals surface area (Å²) < 4.78 is 13.0. The Labute approximate surface area is 125 Å². The number of hydrogen-bond acceptors (Lipinski definition) is 3. The molecular weight excluding hydrogens is 293 g/mol. The number of benzene rings is 1. The van der Waals surface area contributed by atoms with Crippen molar-refractivity contribution in [3.63, 3.8) is 0 Å². The van der Waals surface area contributed by atoms with E-state index in [1.165, 1.54) is 24.3 Å². The van der Waals surface area contributed by atoms with Crippen molar-refractivity contribution in [2.75, 3.05) is 0 Å². The molecule has 0 aliphatic carbocycles. The van der Waals surface area contributed by atoms with E-state index in [2.05, 4.69) is 15.8 Å². The van der Waals surface area contributed by atoms with Crippen LogP contribution in [0.15, 0.2) is 42.6 Å². The summed E-state index contributed by atoms with van der Waals surface area (Å²) in [6.07, 6.45) is 1.63. The molecule has 3 N–H and O–H groups in total. The number of pyridine rings is 1. The quantitative estimate of drug-likeness (QED) is 0.599. The van der Waals surface area contributed by atoms with Crippen LogP contribution in [-0.4, -0.2) is 16.8 Å². The van der Waals surface area contributed by atoms with Crippen LogP contribution in [0.25, 0.3) is 0 Å². The average molecular weight is 305 g/mol. The van der Waals surface area contributed by atoms with Gasteiger partial charge in [0.1, 0.15) is 10.5 Å². The van der Waals surface area contributed by atoms with Gasteiger partial charge < -0.3 is 4.98 Å². The zero-order chi connectivity index (χ0) is 15.2. The van der Waals surface area contributed by atoms with E-state index in [0.29, 0.717) is 5.56 Å². The highest BCUT2D eigenvalue weighted by Crippen LogP contribution is 2.03. The largest absolute Gasteiger partial charge is 0.352 e. The maximum atomic E-state index is 12.7. The first-order valence-corrected chi connectivity index (χ1v) is 6.48. The van der Waals surface area contributed by atoms with Gasteiger partial charge in [-0.25, -0.2) is 4.39 Å². The molecule has 0 atom stereocenters. The number of carbonyl (C=O) groups is 2. The minimum Gasteiger partial charge on any atom is -0.352 e. The van der Waals surface area contributed by atoms with Crippen LogP contribution in [0.5, 0.6) is 0 Å². The molecule has 2 rings (SSSR count). The first kappa shape index (κ1) is 14.9. The van der Waals surface area contributed by atoms with Crippen LogP contribution in [0.4, 0.5) is 4.39 Å². The van der Waals surface area contributed by atoms with Gasteiger partial charge in [0.2, 0.25) is 5.91 Å². The molecule has 0 fully saturated rings. The van der Waals surface area contributed by atoms with Crippen LogP contribution in [0.3, 0.4) is 0 Å². The number of aromatic amines is 1. The van der Waals surface area contributed by atoms with Crippen LogP contribution in [0.2, 0.25) is 0 Å². The van der Waals surface area contributed by atoms with Gasteiger partial charge in [0.15, 0.2) is 0 Å². The standard InChI is InChI=1S/C14H12FN3O2S/c15-10-5-3-9(4-6-10)8-12(19)17-18-13(20)11-2-1-7-16-14(11)21/h1-7H,8H2,(H,16,21)(H,17,19)(H,18,20). The highest BCUT2D eigenvalue weighted by Gasteiger charge is 2.09. The van der Waals surface area contributed by atoms with Crippen molar-refractivity contribution in [2.45, 2.75) is 6.42 Å². The lowest BCUT2D eigenvalue weighted by Gasteiger charge is -2.07. The number of hydrazine groups is 1. The van der Waals surface area contributed by atoms with Crippen molar-refractivity contribution in [3.05, 3.63) is 64.2 Å². The van der Waals surface area contributed by atoms with E-state index in [-0.39, 0.29) is 22.4 Å². The van der Waals surface area contributed by atoms with Crippen molar-refractivity contribution in [1.29, 1.82) is 0 Å². The van der Waals surface area contributed by atoms with E-state index in [1.807, 2.05) is 0 Å². The second-order valence-corrected chi connectivity index (χ2v) is 4.63. The molecule has 2 amide bonds. The van der Waals surface area contributed by atoms with Crippen molar-refractivity contribution >= 4 is 24.0 Å². The molecule has 1 aromatic heterocycles. The van der Waals surface area contributed by atoms with Gasteiger partial charge in [-0.05, 0) is 29.8 Å². The molecule has 0 bridgehead atoms. The van der Waals surface area contributed by atoms with Gasteiger partial charge in [-0.3, -0.25) is 20.4 Å². The van der Waals surface area contributed by atoms with E-state index in [4.69, 9.17) is 12.2 Å². The van der Waals surface area contributed by atoms with E-state index < -0.39 is 11.8 Å². The molecule has 7 heteroatoms. The van der Waals surface area contributed by atoms with E-state index in [0.717, 1.165) is 0 Å². The maximum Gasteiger partial charge on any atom is 0.272 e. The molecule has 0 saturated heterocycles. The first-order chi connectivity index (χ1) is 10.1. The van der Waals surface area contributed by atoms with Crippen LogP contribution in [0.1, 0.15) is 15.9 Å². The van der Waals surface area contributed by atoms with Crippen molar-refractivity contribution in [3.8, 4) is 0 Å². The van der Waals surface area contributed by atoms with Gasteiger partial charge in [-0.1, -0.05) is 24.4 Å². The van der Waals surface area contributed by atoms with Crippen molar-refractivity contribution in [1.82, 2.24) is 15.8 Å². The third kappa shape index (κ3) is 4.22. The summed E-state index contributed by atoms with van der Waals surface area (Å²) in [6.45, 7) is 0. The summed E-state index contributed by atoms with van der Waals surface area (Å²) in [5, 5.41) is 0. The number of rotatable bonds is 3. The molecule has 21 heavy (non-hydrogen) atoms. The predicted molar refractivity (Wildman–Crippen MR) is 77.3 cm³/mol. The monoisotopic (exact) mass is 305 g/mol. The molecule has 0 radical (unpaired) electrons. The Morgan fingerprint density at radius 2 is 1.86 bits per heavy atom.